The van der Waals surface area contributed by atoms with Crippen molar-refractivity contribution in [2.45, 2.75) is 12.0 Å². The molecule has 1 aromatic rings. The van der Waals surface area contributed by atoms with Crippen LogP contribution >= 0.6 is 0 Å². The molecule has 0 spiro atoms. The molecule has 0 aromatic carbocycles. The average molecular weight is 266 g/mol. The molecule has 104 valence electrons. The Morgan fingerprint density at radius 3 is 2.89 bits per heavy atom. The number of nitrogens with zero attached hydrogens (tertiary/aromatic N) is 2. The van der Waals surface area contributed by atoms with Gasteiger partial charge in [0.05, 0.1) is 6.61 Å². The van der Waals surface area contributed by atoms with Crippen LogP contribution in [-0.2, 0) is 9.47 Å². The summed E-state index contributed by atoms with van der Waals surface area (Å²) in [6.07, 6.45) is 0.772. The molecule has 1 amide bonds. The van der Waals surface area contributed by atoms with Crippen LogP contribution in [0.25, 0.3) is 0 Å². The van der Waals surface area contributed by atoms with E-state index >= 15 is 0 Å². The van der Waals surface area contributed by atoms with E-state index in [1.165, 1.54) is 0 Å². The number of anilines is 1. The van der Waals surface area contributed by atoms with Gasteiger partial charge in [0.1, 0.15) is 11.4 Å². The molecule has 2 rings (SSSR count). The van der Waals surface area contributed by atoms with Crippen molar-refractivity contribution >= 4 is 11.7 Å². The number of carbonyl (C=O) groups excluding carboxylic acids is 1. The van der Waals surface area contributed by atoms with Crippen LogP contribution in [0.4, 0.5) is 5.82 Å². The smallest absolute Gasteiger partial charge is 0.271 e. The van der Waals surface area contributed by atoms with Gasteiger partial charge in [-0.3, -0.25) is 4.79 Å². The van der Waals surface area contributed by atoms with E-state index < -0.39 is 5.60 Å². The Balaban J connectivity index is 1.93. The third kappa shape index (κ3) is 3.18. The van der Waals surface area contributed by atoms with Crippen molar-refractivity contribution in [3.05, 3.63) is 17.8 Å². The van der Waals surface area contributed by atoms with Crippen LogP contribution < -0.4 is 10.6 Å². The molecule has 1 unspecified atom stereocenters. The predicted molar refractivity (Wildman–Crippen MR) is 69.1 cm³/mol. The van der Waals surface area contributed by atoms with Gasteiger partial charge in [0.25, 0.3) is 5.91 Å². The highest BCUT2D eigenvalue weighted by Gasteiger charge is 2.35. The third-order valence-corrected chi connectivity index (χ3v) is 3.22. The van der Waals surface area contributed by atoms with Gasteiger partial charge in [-0.1, -0.05) is 0 Å². The summed E-state index contributed by atoms with van der Waals surface area (Å²) in [4.78, 5) is 11.9. The molecule has 7 heteroatoms. The quantitative estimate of drug-likeness (QED) is 0.783. The summed E-state index contributed by atoms with van der Waals surface area (Å²) in [5.74, 6) is 0.354. The lowest BCUT2D eigenvalue weighted by Crippen LogP contribution is -2.45. The van der Waals surface area contributed by atoms with Crippen LogP contribution in [-0.4, -0.2) is 55.6 Å². The van der Waals surface area contributed by atoms with E-state index in [2.05, 4.69) is 20.8 Å². The molecule has 1 aliphatic rings. The van der Waals surface area contributed by atoms with Gasteiger partial charge in [-0.15, -0.1) is 10.2 Å². The van der Waals surface area contributed by atoms with E-state index in [4.69, 9.17) is 9.47 Å². The zero-order valence-electron chi connectivity index (χ0n) is 11.1. The number of rotatable bonds is 5. The monoisotopic (exact) mass is 266 g/mol. The number of amides is 1. The van der Waals surface area contributed by atoms with Crippen molar-refractivity contribution in [3.8, 4) is 0 Å². The molecule has 0 bridgehead atoms. The van der Waals surface area contributed by atoms with E-state index in [0.29, 0.717) is 25.6 Å². The van der Waals surface area contributed by atoms with Crippen LogP contribution in [0.1, 0.15) is 16.9 Å². The number of nitrogens with one attached hydrogen (secondary N) is 2. The number of hydrogen-bond acceptors (Lipinski definition) is 6. The molecule has 2 N–H and O–H groups in total. The maximum Gasteiger partial charge on any atom is 0.271 e. The van der Waals surface area contributed by atoms with E-state index in [-0.39, 0.29) is 11.6 Å². The van der Waals surface area contributed by atoms with Gasteiger partial charge in [-0.05, 0) is 12.1 Å². The summed E-state index contributed by atoms with van der Waals surface area (Å²) >= 11 is 0. The molecule has 1 aliphatic heterocycles. The van der Waals surface area contributed by atoms with Crippen LogP contribution in [0.3, 0.4) is 0 Å². The molecule has 1 fully saturated rings. The number of aromatic nitrogens is 2. The summed E-state index contributed by atoms with van der Waals surface area (Å²) in [5.41, 5.74) is -0.141. The van der Waals surface area contributed by atoms with Crippen LogP contribution in [0.5, 0.6) is 0 Å². The minimum Gasteiger partial charge on any atom is -0.378 e. The highest BCUT2D eigenvalue weighted by atomic mass is 16.5. The predicted octanol–water partition coefficient (Wildman–Crippen LogP) is 0.0536. The molecule has 7 nitrogen and oxygen atoms in total. The lowest BCUT2D eigenvalue weighted by Gasteiger charge is -2.25. The molecule has 19 heavy (non-hydrogen) atoms. The van der Waals surface area contributed by atoms with Gasteiger partial charge in [0.15, 0.2) is 5.69 Å². The molecular weight excluding hydrogens is 248 g/mol. The lowest BCUT2D eigenvalue weighted by molar-refractivity contribution is -0.0149. The Morgan fingerprint density at radius 2 is 2.37 bits per heavy atom. The van der Waals surface area contributed by atoms with Crippen molar-refractivity contribution in [2.24, 2.45) is 0 Å². The second kappa shape index (κ2) is 5.94. The fraction of sp³-hybridized carbons (Fsp3) is 0.583. The fourth-order valence-corrected chi connectivity index (χ4v) is 1.88. The Labute approximate surface area is 111 Å². The molecule has 1 saturated heterocycles. The number of methoxy groups -OCH3 is 1. The standard InChI is InChI=1S/C12H18N4O3/c1-13-10-4-3-9(15-16-10)11(17)14-7-12(18-2)5-6-19-8-12/h3-4H,5-8H2,1-2H3,(H,13,16)(H,14,17). The topological polar surface area (TPSA) is 85.4 Å². The minimum atomic E-state index is -0.423. The Kier molecular flexibility index (Phi) is 4.28. The highest BCUT2D eigenvalue weighted by molar-refractivity contribution is 5.92. The first kappa shape index (κ1) is 13.7. The van der Waals surface area contributed by atoms with Crippen LogP contribution in [0, 0.1) is 0 Å². The summed E-state index contributed by atoms with van der Waals surface area (Å²) in [6.45, 7) is 1.55. The molecule has 1 atom stereocenters. The number of ether oxygens (including phenoxy) is 2. The van der Waals surface area contributed by atoms with Crippen molar-refractivity contribution in [3.63, 3.8) is 0 Å². The van der Waals surface area contributed by atoms with Gasteiger partial charge >= 0.3 is 0 Å². The number of carbonyl (C=O) groups is 1. The Bertz CT molecular complexity index is 429. The SMILES string of the molecule is CNc1ccc(C(=O)NCC2(OC)CCOC2)nn1. The zero-order chi connectivity index (χ0) is 13.7. The third-order valence-electron chi connectivity index (χ3n) is 3.22. The molecule has 0 radical (unpaired) electrons. The van der Waals surface area contributed by atoms with Crippen molar-refractivity contribution in [1.82, 2.24) is 15.5 Å². The summed E-state index contributed by atoms with van der Waals surface area (Å²) in [5, 5.41) is 13.4. The first-order valence-electron chi connectivity index (χ1n) is 6.12. The first-order chi connectivity index (χ1) is 9.19. The zero-order valence-corrected chi connectivity index (χ0v) is 11.1. The van der Waals surface area contributed by atoms with E-state index in [0.717, 1.165) is 6.42 Å². The molecule has 2 heterocycles. The second-order valence-electron chi connectivity index (χ2n) is 4.43. The van der Waals surface area contributed by atoms with Gasteiger partial charge in [0.2, 0.25) is 0 Å². The van der Waals surface area contributed by atoms with Crippen molar-refractivity contribution < 1.29 is 14.3 Å². The van der Waals surface area contributed by atoms with Crippen LogP contribution in [0.2, 0.25) is 0 Å². The highest BCUT2D eigenvalue weighted by Crippen LogP contribution is 2.21. The maximum absolute atomic E-state index is 11.9. The second-order valence-corrected chi connectivity index (χ2v) is 4.43. The molecule has 0 saturated carbocycles. The Hall–Kier alpha value is -1.73. The fourth-order valence-electron chi connectivity index (χ4n) is 1.88. The first-order valence-corrected chi connectivity index (χ1v) is 6.12. The van der Waals surface area contributed by atoms with Crippen LogP contribution in [0.15, 0.2) is 12.1 Å². The molecular formula is C12H18N4O3. The van der Waals surface area contributed by atoms with E-state index in [1.54, 1.807) is 26.3 Å². The maximum atomic E-state index is 11.9. The van der Waals surface area contributed by atoms with Crippen molar-refractivity contribution in [2.75, 3.05) is 39.2 Å². The summed E-state index contributed by atoms with van der Waals surface area (Å²) in [6, 6.07) is 3.32. The normalized spacial score (nSPS) is 22.2. The minimum absolute atomic E-state index is 0.265. The van der Waals surface area contributed by atoms with Gasteiger partial charge in [-0.2, -0.15) is 0 Å². The van der Waals surface area contributed by atoms with E-state index in [9.17, 15) is 4.79 Å². The largest absolute Gasteiger partial charge is 0.378 e. The van der Waals surface area contributed by atoms with Gasteiger partial charge < -0.3 is 20.1 Å². The number of hydrogen-bond donors (Lipinski definition) is 2. The summed E-state index contributed by atoms with van der Waals surface area (Å²) < 4.78 is 10.7. The average Bonchev–Trinajstić information content (AvgIpc) is 2.94. The molecule has 1 aromatic heterocycles. The van der Waals surface area contributed by atoms with Gasteiger partial charge in [0, 0.05) is 33.7 Å². The van der Waals surface area contributed by atoms with Crippen molar-refractivity contribution in [1.29, 1.82) is 0 Å². The van der Waals surface area contributed by atoms with Gasteiger partial charge in [-0.25, -0.2) is 0 Å². The lowest BCUT2D eigenvalue weighted by atomic mass is 10.0. The Morgan fingerprint density at radius 1 is 1.53 bits per heavy atom. The molecule has 0 aliphatic carbocycles. The summed E-state index contributed by atoms with van der Waals surface area (Å²) in [7, 11) is 3.37. The van der Waals surface area contributed by atoms with E-state index in [1.807, 2.05) is 0 Å².